The highest BCUT2D eigenvalue weighted by atomic mass is 16.5. The lowest BCUT2D eigenvalue weighted by atomic mass is 10.3. The van der Waals surface area contributed by atoms with Gasteiger partial charge in [0, 0.05) is 32.4 Å². The zero-order chi connectivity index (χ0) is 17.5. The molecule has 2 aliphatic carbocycles. The molecule has 2 fully saturated rings. The van der Waals surface area contributed by atoms with Crippen LogP contribution in [-0.2, 0) is 9.47 Å². The van der Waals surface area contributed by atoms with Crippen molar-refractivity contribution in [2.75, 3.05) is 50.2 Å². The van der Waals surface area contributed by atoms with Crippen LogP contribution in [-0.4, -0.2) is 55.4 Å². The molecule has 1 aromatic heterocycles. The molecule has 0 aliphatic heterocycles. The number of amides is 1. The molecule has 0 atom stereocenters. The molecule has 138 valence electrons. The predicted molar refractivity (Wildman–Crippen MR) is 94.6 cm³/mol. The summed E-state index contributed by atoms with van der Waals surface area (Å²) in [6.45, 7) is 4.02. The standard InChI is InChI=1S/C17H27N5O3/c18-16(23)14-9-15(19-5-7-24-10-12-1-2-12)22-17(21-14)20-6-8-25-11-13-3-4-13/h9,12-13H,1-8,10-11H2,(H2,18,23)(H2,19,20,21,22). The maximum absolute atomic E-state index is 11.4. The molecule has 8 heteroatoms. The topological polar surface area (TPSA) is 111 Å². The number of hydrogen-bond acceptors (Lipinski definition) is 7. The van der Waals surface area contributed by atoms with Crippen LogP contribution in [0.3, 0.4) is 0 Å². The van der Waals surface area contributed by atoms with Crippen LogP contribution in [0, 0.1) is 11.8 Å². The minimum atomic E-state index is -0.580. The van der Waals surface area contributed by atoms with Gasteiger partial charge in [-0.1, -0.05) is 0 Å². The fraction of sp³-hybridized carbons (Fsp3) is 0.706. The lowest BCUT2D eigenvalue weighted by Crippen LogP contribution is -2.19. The van der Waals surface area contributed by atoms with Crippen molar-refractivity contribution in [1.29, 1.82) is 0 Å². The number of ether oxygens (including phenoxy) is 2. The van der Waals surface area contributed by atoms with Crippen molar-refractivity contribution < 1.29 is 14.3 Å². The molecule has 0 radical (unpaired) electrons. The van der Waals surface area contributed by atoms with Gasteiger partial charge in [0.05, 0.1) is 13.2 Å². The Morgan fingerprint density at radius 3 is 2.20 bits per heavy atom. The van der Waals surface area contributed by atoms with Gasteiger partial charge >= 0.3 is 0 Å². The van der Waals surface area contributed by atoms with Gasteiger partial charge in [0.15, 0.2) is 0 Å². The van der Waals surface area contributed by atoms with E-state index in [1.165, 1.54) is 25.7 Å². The first-order chi connectivity index (χ1) is 12.2. The van der Waals surface area contributed by atoms with Crippen molar-refractivity contribution in [2.45, 2.75) is 25.7 Å². The second kappa shape index (κ2) is 8.96. The Hall–Kier alpha value is -1.93. The van der Waals surface area contributed by atoms with Crippen molar-refractivity contribution in [2.24, 2.45) is 17.6 Å². The Morgan fingerprint density at radius 2 is 1.64 bits per heavy atom. The number of carbonyl (C=O) groups excluding carboxylic acids is 1. The average Bonchev–Trinajstić information content (AvgIpc) is 3.49. The molecule has 3 rings (SSSR count). The van der Waals surface area contributed by atoms with Crippen LogP contribution in [0.5, 0.6) is 0 Å². The lowest BCUT2D eigenvalue weighted by Gasteiger charge is -2.10. The lowest BCUT2D eigenvalue weighted by molar-refractivity contribution is 0.0995. The van der Waals surface area contributed by atoms with Gasteiger partial charge in [-0.25, -0.2) is 4.98 Å². The van der Waals surface area contributed by atoms with Crippen molar-refractivity contribution in [3.8, 4) is 0 Å². The molecular formula is C17H27N5O3. The van der Waals surface area contributed by atoms with E-state index in [1.54, 1.807) is 6.07 Å². The van der Waals surface area contributed by atoms with E-state index in [2.05, 4.69) is 20.6 Å². The third-order valence-corrected chi connectivity index (χ3v) is 4.16. The first-order valence-corrected chi connectivity index (χ1v) is 9.03. The van der Waals surface area contributed by atoms with E-state index in [0.29, 0.717) is 38.1 Å². The Morgan fingerprint density at radius 1 is 1.04 bits per heavy atom. The fourth-order valence-electron chi connectivity index (χ4n) is 2.30. The Kier molecular flexibility index (Phi) is 6.41. The summed E-state index contributed by atoms with van der Waals surface area (Å²) in [6.07, 6.45) is 5.11. The SMILES string of the molecule is NC(=O)c1cc(NCCOCC2CC2)nc(NCCOCC2CC2)n1. The number of nitrogens with one attached hydrogen (secondary N) is 2. The van der Waals surface area contributed by atoms with Crippen LogP contribution in [0.15, 0.2) is 6.07 Å². The maximum atomic E-state index is 11.4. The van der Waals surface area contributed by atoms with Gasteiger partial charge in [0.1, 0.15) is 11.5 Å². The van der Waals surface area contributed by atoms with E-state index in [0.717, 1.165) is 25.0 Å². The van der Waals surface area contributed by atoms with Gasteiger partial charge in [-0.05, 0) is 37.5 Å². The molecule has 4 N–H and O–H groups in total. The van der Waals surface area contributed by atoms with Crippen LogP contribution < -0.4 is 16.4 Å². The number of anilines is 2. The minimum absolute atomic E-state index is 0.179. The highest BCUT2D eigenvalue weighted by Crippen LogP contribution is 2.29. The van der Waals surface area contributed by atoms with Crippen molar-refractivity contribution in [1.82, 2.24) is 9.97 Å². The summed E-state index contributed by atoms with van der Waals surface area (Å²) >= 11 is 0. The molecule has 2 saturated carbocycles. The Labute approximate surface area is 147 Å². The quantitative estimate of drug-likeness (QED) is 0.460. The van der Waals surface area contributed by atoms with Crippen LogP contribution in [0.25, 0.3) is 0 Å². The van der Waals surface area contributed by atoms with Crippen LogP contribution in [0.4, 0.5) is 11.8 Å². The molecule has 0 spiro atoms. The van der Waals surface area contributed by atoms with E-state index < -0.39 is 5.91 Å². The number of carbonyl (C=O) groups is 1. The van der Waals surface area contributed by atoms with Gasteiger partial charge in [-0.2, -0.15) is 4.98 Å². The normalized spacial score (nSPS) is 16.6. The molecule has 25 heavy (non-hydrogen) atoms. The minimum Gasteiger partial charge on any atom is -0.379 e. The smallest absolute Gasteiger partial charge is 0.267 e. The third kappa shape index (κ3) is 6.83. The molecular weight excluding hydrogens is 322 g/mol. The monoisotopic (exact) mass is 349 g/mol. The van der Waals surface area contributed by atoms with Gasteiger partial charge < -0.3 is 25.8 Å². The molecule has 8 nitrogen and oxygen atoms in total. The van der Waals surface area contributed by atoms with Crippen LogP contribution >= 0.6 is 0 Å². The molecule has 2 aliphatic rings. The molecule has 1 heterocycles. The van der Waals surface area contributed by atoms with E-state index in [4.69, 9.17) is 15.2 Å². The summed E-state index contributed by atoms with van der Waals surface area (Å²) < 4.78 is 11.1. The highest BCUT2D eigenvalue weighted by molar-refractivity contribution is 5.91. The molecule has 0 aromatic carbocycles. The first kappa shape index (κ1) is 17.9. The number of hydrogen-bond donors (Lipinski definition) is 3. The van der Waals surface area contributed by atoms with Gasteiger partial charge in [0.2, 0.25) is 5.95 Å². The van der Waals surface area contributed by atoms with Crippen LogP contribution in [0.1, 0.15) is 36.2 Å². The number of nitrogens with zero attached hydrogens (tertiary/aromatic N) is 2. The Bertz CT molecular complexity index is 535. The molecule has 0 bridgehead atoms. The molecule has 0 unspecified atom stereocenters. The van der Waals surface area contributed by atoms with Crippen molar-refractivity contribution in [3.63, 3.8) is 0 Å². The summed E-state index contributed by atoms with van der Waals surface area (Å²) in [5.41, 5.74) is 5.53. The van der Waals surface area contributed by atoms with E-state index in [1.807, 2.05) is 0 Å². The maximum Gasteiger partial charge on any atom is 0.267 e. The summed E-state index contributed by atoms with van der Waals surface area (Å²) in [5.74, 6) is 1.84. The second-order valence-corrected chi connectivity index (χ2v) is 6.72. The largest absolute Gasteiger partial charge is 0.379 e. The van der Waals surface area contributed by atoms with Gasteiger partial charge in [-0.3, -0.25) is 4.79 Å². The zero-order valence-electron chi connectivity index (χ0n) is 14.5. The van der Waals surface area contributed by atoms with Crippen molar-refractivity contribution >= 4 is 17.7 Å². The summed E-state index contributed by atoms with van der Waals surface area (Å²) in [6, 6.07) is 1.55. The second-order valence-electron chi connectivity index (χ2n) is 6.72. The van der Waals surface area contributed by atoms with Crippen LogP contribution in [0.2, 0.25) is 0 Å². The molecule has 1 aromatic rings. The predicted octanol–water partition coefficient (Wildman–Crippen LogP) is 1.25. The van der Waals surface area contributed by atoms with Gasteiger partial charge in [-0.15, -0.1) is 0 Å². The number of aromatic nitrogens is 2. The summed E-state index contributed by atoms with van der Waals surface area (Å²) in [4.78, 5) is 19.9. The molecule has 0 saturated heterocycles. The first-order valence-electron chi connectivity index (χ1n) is 9.03. The number of primary amides is 1. The van der Waals surface area contributed by atoms with Crippen molar-refractivity contribution in [3.05, 3.63) is 11.8 Å². The van der Waals surface area contributed by atoms with E-state index >= 15 is 0 Å². The number of rotatable bonds is 13. The summed E-state index contributed by atoms with van der Waals surface area (Å²) in [7, 11) is 0. The van der Waals surface area contributed by atoms with Gasteiger partial charge in [0.25, 0.3) is 5.91 Å². The van der Waals surface area contributed by atoms with E-state index in [-0.39, 0.29) is 5.69 Å². The van der Waals surface area contributed by atoms with E-state index in [9.17, 15) is 4.79 Å². The third-order valence-electron chi connectivity index (χ3n) is 4.16. The average molecular weight is 349 g/mol. The number of nitrogens with two attached hydrogens (primary N) is 1. The zero-order valence-corrected chi connectivity index (χ0v) is 14.5. The Balaban J connectivity index is 1.42. The highest BCUT2D eigenvalue weighted by Gasteiger charge is 2.21. The fourth-order valence-corrected chi connectivity index (χ4v) is 2.30. The molecule has 1 amide bonds. The summed E-state index contributed by atoms with van der Waals surface area (Å²) in [5, 5.41) is 6.22.